The summed E-state index contributed by atoms with van der Waals surface area (Å²) >= 11 is 0. The van der Waals surface area contributed by atoms with Crippen molar-refractivity contribution in [3.8, 4) is 0 Å². The number of fused-ring (bicyclic) bond motifs is 1. The van der Waals surface area contributed by atoms with Gasteiger partial charge in [0.15, 0.2) is 0 Å². The molecule has 0 saturated carbocycles. The molecule has 0 aliphatic carbocycles. The molecule has 1 unspecified atom stereocenters. The van der Waals surface area contributed by atoms with Crippen molar-refractivity contribution in [1.29, 1.82) is 0 Å². The van der Waals surface area contributed by atoms with E-state index in [9.17, 15) is 9.59 Å². The van der Waals surface area contributed by atoms with Crippen LogP contribution in [0.5, 0.6) is 0 Å². The zero-order valence-electron chi connectivity index (χ0n) is 19.3. The lowest BCUT2D eigenvalue weighted by atomic mass is 10.0. The van der Waals surface area contributed by atoms with Crippen molar-refractivity contribution in [2.45, 2.75) is 31.8 Å². The first-order chi connectivity index (χ1) is 16.0. The number of nitrogens with one attached hydrogen (secondary N) is 1. The standard InChI is InChI=1S/C28H31N3O2/c1-30(2)23-17-15-22(16-18-23)20-29-27(32)26-24-13-6-7-14-25(24)28(33)31(26)19-9-8-12-21-10-4-3-5-11-21/h3-7,10-11,13-18,26H,8-9,12,19-20H2,1-2H3,(H,29,32). The summed E-state index contributed by atoms with van der Waals surface area (Å²) in [5.74, 6) is -0.186. The summed E-state index contributed by atoms with van der Waals surface area (Å²) in [6.07, 6.45) is 2.79. The van der Waals surface area contributed by atoms with E-state index >= 15 is 0 Å². The third kappa shape index (κ3) is 5.25. The Morgan fingerprint density at radius 2 is 1.58 bits per heavy atom. The van der Waals surface area contributed by atoms with Gasteiger partial charge in [-0.2, -0.15) is 0 Å². The maximum atomic E-state index is 13.3. The Kier molecular flexibility index (Phi) is 7.08. The predicted octanol–water partition coefficient (Wildman–Crippen LogP) is 4.59. The van der Waals surface area contributed by atoms with Crippen molar-refractivity contribution in [3.05, 3.63) is 101 Å². The zero-order chi connectivity index (χ0) is 23.2. The fourth-order valence-electron chi connectivity index (χ4n) is 4.34. The van der Waals surface area contributed by atoms with Gasteiger partial charge in [-0.1, -0.05) is 60.7 Å². The van der Waals surface area contributed by atoms with Gasteiger partial charge in [0.25, 0.3) is 5.91 Å². The van der Waals surface area contributed by atoms with Gasteiger partial charge in [0.05, 0.1) is 0 Å². The number of amides is 2. The van der Waals surface area contributed by atoms with Crippen molar-refractivity contribution in [2.75, 3.05) is 25.5 Å². The molecule has 0 radical (unpaired) electrons. The molecule has 0 saturated heterocycles. The van der Waals surface area contributed by atoms with Gasteiger partial charge in [0.1, 0.15) is 6.04 Å². The smallest absolute Gasteiger partial charge is 0.255 e. The highest BCUT2D eigenvalue weighted by atomic mass is 16.2. The van der Waals surface area contributed by atoms with Gasteiger partial charge in [0.2, 0.25) is 5.91 Å². The molecule has 4 rings (SSSR count). The predicted molar refractivity (Wildman–Crippen MR) is 132 cm³/mol. The fraction of sp³-hybridized carbons (Fsp3) is 0.286. The van der Waals surface area contributed by atoms with Crippen LogP contribution in [0.4, 0.5) is 5.69 Å². The van der Waals surface area contributed by atoms with Crippen LogP contribution in [0.2, 0.25) is 0 Å². The third-order valence-corrected chi connectivity index (χ3v) is 6.18. The van der Waals surface area contributed by atoms with Gasteiger partial charge >= 0.3 is 0 Å². The summed E-state index contributed by atoms with van der Waals surface area (Å²) in [7, 11) is 4.00. The molecule has 0 fully saturated rings. The van der Waals surface area contributed by atoms with E-state index in [1.54, 1.807) is 4.90 Å². The molecule has 3 aromatic rings. The van der Waals surface area contributed by atoms with Crippen LogP contribution in [0.25, 0.3) is 0 Å². The molecule has 1 aliphatic heterocycles. The van der Waals surface area contributed by atoms with Crippen molar-refractivity contribution in [1.82, 2.24) is 10.2 Å². The van der Waals surface area contributed by atoms with Crippen LogP contribution < -0.4 is 10.2 Å². The molecule has 3 aromatic carbocycles. The first-order valence-corrected chi connectivity index (χ1v) is 11.5. The molecule has 0 spiro atoms. The van der Waals surface area contributed by atoms with E-state index in [1.807, 2.05) is 85.7 Å². The molecule has 170 valence electrons. The molecular formula is C28H31N3O2. The minimum Gasteiger partial charge on any atom is -0.378 e. The van der Waals surface area contributed by atoms with E-state index in [-0.39, 0.29) is 11.8 Å². The summed E-state index contributed by atoms with van der Waals surface area (Å²) in [6.45, 7) is 0.997. The quantitative estimate of drug-likeness (QED) is 0.494. The van der Waals surface area contributed by atoms with E-state index < -0.39 is 6.04 Å². The highest BCUT2D eigenvalue weighted by Gasteiger charge is 2.40. The molecule has 5 heteroatoms. The Bertz CT molecular complexity index is 1090. The van der Waals surface area contributed by atoms with Gasteiger partial charge in [-0.05, 0) is 54.2 Å². The molecular weight excluding hydrogens is 410 g/mol. The lowest BCUT2D eigenvalue weighted by Crippen LogP contribution is -2.39. The number of unbranched alkanes of at least 4 members (excludes halogenated alkanes) is 1. The summed E-state index contributed by atoms with van der Waals surface area (Å²) < 4.78 is 0. The average Bonchev–Trinajstić information content (AvgIpc) is 3.13. The van der Waals surface area contributed by atoms with Gasteiger partial charge in [-0.25, -0.2) is 0 Å². The molecule has 0 bridgehead atoms. The lowest BCUT2D eigenvalue weighted by molar-refractivity contribution is -0.125. The van der Waals surface area contributed by atoms with E-state index in [0.717, 1.165) is 36.1 Å². The van der Waals surface area contributed by atoms with Crippen LogP contribution >= 0.6 is 0 Å². The summed E-state index contributed by atoms with van der Waals surface area (Å²) in [6, 6.07) is 25.4. The van der Waals surface area contributed by atoms with Gasteiger partial charge < -0.3 is 15.1 Å². The zero-order valence-corrected chi connectivity index (χ0v) is 19.3. The second-order valence-corrected chi connectivity index (χ2v) is 8.71. The van der Waals surface area contributed by atoms with Crippen LogP contribution in [-0.4, -0.2) is 37.4 Å². The Labute approximate surface area is 196 Å². The highest BCUT2D eigenvalue weighted by Crippen LogP contribution is 2.34. The monoisotopic (exact) mass is 441 g/mol. The highest BCUT2D eigenvalue weighted by molar-refractivity contribution is 6.04. The van der Waals surface area contributed by atoms with Crippen LogP contribution in [0.1, 0.15) is 45.9 Å². The molecule has 1 heterocycles. The minimum atomic E-state index is -0.577. The van der Waals surface area contributed by atoms with Crippen molar-refractivity contribution in [2.24, 2.45) is 0 Å². The molecule has 2 amide bonds. The van der Waals surface area contributed by atoms with Crippen LogP contribution in [0, 0.1) is 0 Å². The number of anilines is 1. The van der Waals surface area contributed by atoms with Crippen molar-refractivity contribution >= 4 is 17.5 Å². The molecule has 0 aromatic heterocycles. The maximum absolute atomic E-state index is 13.3. The second-order valence-electron chi connectivity index (χ2n) is 8.71. The topological polar surface area (TPSA) is 52.7 Å². The molecule has 1 atom stereocenters. The number of hydrogen-bond donors (Lipinski definition) is 1. The Morgan fingerprint density at radius 1 is 0.879 bits per heavy atom. The number of carbonyl (C=O) groups is 2. The second kappa shape index (κ2) is 10.3. The number of carbonyl (C=O) groups excluding carboxylic acids is 2. The number of aryl methyl sites for hydroxylation is 1. The van der Waals surface area contributed by atoms with Crippen LogP contribution in [0.3, 0.4) is 0 Å². The van der Waals surface area contributed by atoms with E-state index in [1.165, 1.54) is 5.56 Å². The van der Waals surface area contributed by atoms with Gasteiger partial charge in [-0.15, -0.1) is 0 Å². The van der Waals surface area contributed by atoms with E-state index in [2.05, 4.69) is 17.4 Å². The van der Waals surface area contributed by atoms with E-state index in [0.29, 0.717) is 18.7 Å². The number of nitrogens with zero attached hydrogens (tertiary/aromatic N) is 2. The number of benzene rings is 3. The Morgan fingerprint density at radius 3 is 2.30 bits per heavy atom. The first-order valence-electron chi connectivity index (χ1n) is 11.5. The molecule has 1 N–H and O–H groups in total. The fourth-order valence-corrected chi connectivity index (χ4v) is 4.34. The lowest BCUT2D eigenvalue weighted by Gasteiger charge is -2.25. The summed E-state index contributed by atoms with van der Waals surface area (Å²) in [4.78, 5) is 30.1. The Balaban J connectivity index is 1.41. The molecule has 33 heavy (non-hydrogen) atoms. The third-order valence-electron chi connectivity index (χ3n) is 6.18. The normalized spacial score (nSPS) is 14.8. The van der Waals surface area contributed by atoms with Gasteiger partial charge in [0, 0.05) is 38.4 Å². The van der Waals surface area contributed by atoms with Crippen molar-refractivity contribution < 1.29 is 9.59 Å². The van der Waals surface area contributed by atoms with Gasteiger partial charge in [-0.3, -0.25) is 9.59 Å². The van der Waals surface area contributed by atoms with Crippen LogP contribution in [0.15, 0.2) is 78.9 Å². The minimum absolute atomic E-state index is 0.0548. The summed E-state index contributed by atoms with van der Waals surface area (Å²) in [5.41, 5.74) is 4.87. The van der Waals surface area contributed by atoms with E-state index in [4.69, 9.17) is 0 Å². The van der Waals surface area contributed by atoms with Crippen LogP contribution in [-0.2, 0) is 17.8 Å². The first kappa shape index (κ1) is 22.6. The maximum Gasteiger partial charge on any atom is 0.255 e. The molecule has 1 aliphatic rings. The Hall–Kier alpha value is -3.60. The SMILES string of the molecule is CN(C)c1ccc(CNC(=O)C2c3ccccc3C(=O)N2CCCCc2ccccc2)cc1. The number of hydrogen-bond acceptors (Lipinski definition) is 3. The summed E-state index contributed by atoms with van der Waals surface area (Å²) in [5, 5.41) is 3.05. The number of rotatable bonds is 9. The largest absolute Gasteiger partial charge is 0.378 e. The average molecular weight is 442 g/mol. The van der Waals surface area contributed by atoms with Crippen molar-refractivity contribution in [3.63, 3.8) is 0 Å². The molecule has 5 nitrogen and oxygen atoms in total.